The molecule has 1 saturated carbocycles. The van der Waals surface area contributed by atoms with Gasteiger partial charge in [0.25, 0.3) is 0 Å². The van der Waals surface area contributed by atoms with Crippen LogP contribution in [0.3, 0.4) is 0 Å². The van der Waals surface area contributed by atoms with Crippen molar-refractivity contribution in [3.63, 3.8) is 0 Å². The van der Waals surface area contributed by atoms with E-state index in [1.807, 2.05) is 0 Å². The van der Waals surface area contributed by atoms with E-state index in [2.05, 4.69) is 15.9 Å². The first-order chi connectivity index (χ1) is 6.56. The fourth-order valence-corrected chi connectivity index (χ4v) is 2.76. The number of hydrogen-bond acceptors (Lipinski definition) is 3. The Balaban J connectivity index is 2.29. The average molecular weight is 275 g/mol. The second-order valence-corrected chi connectivity index (χ2v) is 5.78. The summed E-state index contributed by atoms with van der Waals surface area (Å²) in [5.74, 6) is -1.24. The monoisotopic (exact) mass is 274 g/mol. The van der Waals surface area contributed by atoms with Crippen LogP contribution in [0.25, 0.3) is 0 Å². The van der Waals surface area contributed by atoms with E-state index >= 15 is 0 Å². The van der Waals surface area contributed by atoms with Crippen molar-refractivity contribution in [2.45, 2.75) is 12.8 Å². The minimum Gasteiger partial charge on any atom is -0.480 e. The van der Waals surface area contributed by atoms with Gasteiger partial charge in [0.15, 0.2) is 5.78 Å². The molecule has 1 heterocycles. The highest BCUT2D eigenvalue weighted by atomic mass is 79.9. The van der Waals surface area contributed by atoms with Crippen LogP contribution < -0.4 is 0 Å². The number of rotatable bonds is 3. The van der Waals surface area contributed by atoms with Gasteiger partial charge in [-0.25, -0.2) is 0 Å². The molecule has 14 heavy (non-hydrogen) atoms. The Morgan fingerprint density at radius 3 is 2.43 bits per heavy atom. The maximum absolute atomic E-state index is 11.8. The summed E-state index contributed by atoms with van der Waals surface area (Å²) in [6.07, 6.45) is 0.938. The summed E-state index contributed by atoms with van der Waals surface area (Å²) < 4.78 is 0.849. The Labute approximate surface area is 92.9 Å². The molecule has 3 nitrogen and oxygen atoms in total. The van der Waals surface area contributed by atoms with Crippen LogP contribution in [-0.4, -0.2) is 16.9 Å². The molecule has 0 aromatic carbocycles. The third kappa shape index (κ3) is 1.40. The zero-order chi connectivity index (χ0) is 10.3. The highest BCUT2D eigenvalue weighted by molar-refractivity contribution is 9.11. The summed E-state index contributed by atoms with van der Waals surface area (Å²) in [5.41, 5.74) is -1.11. The molecular weight excluding hydrogens is 268 g/mol. The SMILES string of the molecule is O=C(O)C1(C(=O)c2ccc(Br)s2)CC1. The molecule has 5 heteroatoms. The van der Waals surface area contributed by atoms with Crippen molar-refractivity contribution in [1.29, 1.82) is 0 Å². The fraction of sp³-hybridized carbons (Fsp3) is 0.333. The van der Waals surface area contributed by atoms with Crippen LogP contribution in [0.15, 0.2) is 15.9 Å². The standard InChI is InChI=1S/C9H7BrO3S/c10-6-2-1-5(14-6)7(11)9(3-4-9)8(12)13/h1-2H,3-4H2,(H,12,13). The van der Waals surface area contributed by atoms with Gasteiger partial charge >= 0.3 is 5.97 Å². The normalized spacial score (nSPS) is 17.8. The zero-order valence-electron chi connectivity index (χ0n) is 7.12. The first-order valence-electron chi connectivity index (χ1n) is 4.10. The lowest BCUT2D eigenvalue weighted by molar-refractivity contribution is -0.141. The molecule has 1 aromatic rings. The average Bonchev–Trinajstić information content (AvgIpc) is 2.84. The molecule has 0 radical (unpaired) electrons. The third-order valence-electron chi connectivity index (χ3n) is 2.39. The van der Waals surface area contributed by atoms with Crippen LogP contribution in [-0.2, 0) is 4.79 Å². The number of carbonyl (C=O) groups excluding carboxylic acids is 1. The lowest BCUT2D eigenvalue weighted by Crippen LogP contribution is -2.24. The lowest BCUT2D eigenvalue weighted by atomic mass is 10.0. The maximum Gasteiger partial charge on any atom is 0.317 e. The third-order valence-corrected chi connectivity index (χ3v) is 4.01. The molecule has 2 rings (SSSR count). The van der Waals surface area contributed by atoms with Gasteiger partial charge in [-0.1, -0.05) is 0 Å². The minimum absolute atomic E-state index is 0.249. The zero-order valence-corrected chi connectivity index (χ0v) is 9.52. The minimum atomic E-state index is -1.11. The summed E-state index contributed by atoms with van der Waals surface area (Å²) >= 11 is 4.53. The topological polar surface area (TPSA) is 54.4 Å². The van der Waals surface area contributed by atoms with E-state index in [4.69, 9.17) is 5.11 Å². The Bertz CT molecular complexity index is 406. The molecule has 74 valence electrons. The van der Waals surface area contributed by atoms with Gasteiger partial charge in [-0.2, -0.15) is 0 Å². The number of carboxylic acids is 1. The van der Waals surface area contributed by atoms with Gasteiger partial charge < -0.3 is 5.11 Å². The molecule has 1 aromatic heterocycles. The number of Topliss-reactive ketones (excluding diaryl/α,β-unsaturated/α-hetero) is 1. The van der Waals surface area contributed by atoms with E-state index in [1.54, 1.807) is 12.1 Å². The molecule has 0 saturated heterocycles. The summed E-state index contributed by atoms with van der Waals surface area (Å²) in [6.45, 7) is 0. The Kier molecular flexibility index (Phi) is 2.23. The molecule has 0 aliphatic heterocycles. The van der Waals surface area contributed by atoms with Crippen molar-refractivity contribution >= 4 is 39.0 Å². The number of hydrogen-bond donors (Lipinski definition) is 1. The van der Waals surface area contributed by atoms with Crippen molar-refractivity contribution in [2.75, 3.05) is 0 Å². The van der Waals surface area contributed by atoms with Gasteiger partial charge in [0.2, 0.25) is 0 Å². The first kappa shape index (κ1) is 9.86. The summed E-state index contributed by atoms with van der Waals surface area (Å²) in [6, 6.07) is 3.43. The Hall–Kier alpha value is -0.680. The Morgan fingerprint density at radius 2 is 2.07 bits per heavy atom. The van der Waals surface area contributed by atoms with Crippen molar-refractivity contribution in [3.8, 4) is 0 Å². The molecule has 1 aliphatic carbocycles. The molecule has 0 unspecified atom stereocenters. The van der Waals surface area contributed by atoms with Crippen molar-refractivity contribution < 1.29 is 14.7 Å². The molecular formula is C9H7BrO3S. The smallest absolute Gasteiger partial charge is 0.317 e. The predicted octanol–water partition coefficient (Wildman–Crippen LogP) is 2.56. The van der Waals surface area contributed by atoms with E-state index in [1.165, 1.54) is 11.3 Å². The quantitative estimate of drug-likeness (QED) is 0.681. The lowest BCUT2D eigenvalue weighted by Gasteiger charge is -2.05. The van der Waals surface area contributed by atoms with Gasteiger partial charge in [-0.05, 0) is 40.9 Å². The van der Waals surface area contributed by atoms with E-state index < -0.39 is 11.4 Å². The number of carboxylic acid groups (broad SMARTS) is 1. The fourth-order valence-electron chi connectivity index (χ4n) is 1.34. The van der Waals surface area contributed by atoms with Gasteiger partial charge in [0.1, 0.15) is 5.41 Å². The molecule has 1 aliphatic rings. The highest BCUT2D eigenvalue weighted by Gasteiger charge is 2.57. The Morgan fingerprint density at radius 1 is 1.43 bits per heavy atom. The number of ketones is 1. The maximum atomic E-state index is 11.8. The van der Waals surface area contributed by atoms with E-state index in [9.17, 15) is 9.59 Å². The van der Waals surface area contributed by atoms with Crippen molar-refractivity contribution in [1.82, 2.24) is 0 Å². The molecule has 1 fully saturated rings. The van der Waals surface area contributed by atoms with Crippen LogP contribution in [0.1, 0.15) is 22.5 Å². The number of halogens is 1. The van der Waals surface area contributed by atoms with Crippen LogP contribution in [0.4, 0.5) is 0 Å². The van der Waals surface area contributed by atoms with E-state index in [0.717, 1.165) is 3.79 Å². The predicted molar refractivity (Wildman–Crippen MR) is 55.7 cm³/mol. The summed E-state index contributed by atoms with van der Waals surface area (Å²) in [5, 5.41) is 8.91. The molecule has 0 atom stereocenters. The van der Waals surface area contributed by atoms with E-state index in [0.29, 0.717) is 17.7 Å². The van der Waals surface area contributed by atoms with Gasteiger partial charge in [-0.3, -0.25) is 9.59 Å². The summed E-state index contributed by atoms with van der Waals surface area (Å²) in [7, 11) is 0. The van der Waals surface area contributed by atoms with Crippen molar-refractivity contribution in [2.24, 2.45) is 5.41 Å². The van der Waals surface area contributed by atoms with Crippen LogP contribution in [0, 0.1) is 5.41 Å². The number of thiophene rings is 1. The molecule has 1 N–H and O–H groups in total. The highest BCUT2D eigenvalue weighted by Crippen LogP contribution is 2.49. The first-order valence-corrected chi connectivity index (χ1v) is 5.71. The summed E-state index contributed by atoms with van der Waals surface area (Å²) in [4.78, 5) is 23.2. The van der Waals surface area contributed by atoms with Crippen LogP contribution >= 0.6 is 27.3 Å². The van der Waals surface area contributed by atoms with Gasteiger partial charge in [-0.15, -0.1) is 11.3 Å². The van der Waals surface area contributed by atoms with Crippen LogP contribution in [0.5, 0.6) is 0 Å². The van der Waals surface area contributed by atoms with E-state index in [-0.39, 0.29) is 5.78 Å². The largest absolute Gasteiger partial charge is 0.480 e. The van der Waals surface area contributed by atoms with Gasteiger partial charge in [0, 0.05) is 0 Å². The van der Waals surface area contributed by atoms with Crippen molar-refractivity contribution in [3.05, 3.63) is 20.8 Å². The number of carbonyl (C=O) groups is 2. The molecule has 0 amide bonds. The second kappa shape index (κ2) is 3.17. The second-order valence-electron chi connectivity index (χ2n) is 3.32. The van der Waals surface area contributed by atoms with Gasteiger partial charge in [0.05, 0.1) is 8.66 Å². The molecule has 0 bridgehead atoms. The van der Waals surface area contributed by atoms with Crippen LogP contribution in [0.2, 0.25) is 0 Å². The molecule has 0 spiro atoms. The number of aliphatic carboxylic acids is 1.